The molecule has 0 saturated carbocycles. The molecule has 1 nitrogen and oxygen atoms in total. The Balaban J connectivity index is 2.67. The molecule has 0 aliphatic rings. The number of thioether (sulfide) groups is 1. The van der Waals surface area contributed by atoms with Crippen LogP contribution < -0.4 is 4.74 Å². The molecule has 1 aromatic carbocycles. The molecule has 0 aliphatic carbocycles. The zero-order valence-electron chi connectivity index (χ0n) is 7.54. The van der Waals surface area contributed by atoms with E-state index in [1.54, 1.807) is 0 Å². The van der Waals surface area contributed by atoms with Crippen molar-refractivity contribution in [1.82, 2.24) is 0 Å². The molecule has 12 heavy (non-hydrogen) atoms. The number of hydrogen-bond acceptors (Lipinski definition) is 2. The summed E-state index contributed by atoms with van der Waals surface area (Å²) in [6.45, 7) is 4.89. The first-order valence-electron chi connectivity index (χ1n) is 4.22. The summed E-state index contributed by atoms with van der Waals surface area (Å²) in [5, 5.41) is 0. The molecular formula is C10H14OS. The summed E-state index contributed by atoms with van der Waals surface area (Å²) in [4.78, 5) is 1.28. The normalized spacial score (nSPS) is 9.83. The van der Waals surface area contributed by atoms with Gasteiger partial charge in [0.05, 0.1) is 6.61 Å². The summed E-state index contributed by atoms with van der Waals surface area (Å²) in [6, 6.07) is 8.21. The third kappa shape index (κ3) is 2.78. The van der Waals surface area contributed by atoms with Crippen molar-refractivity contribution in [3.8, 4) is 5.75 Å². The molecule has 1 rings (SSSR count). The van der Waals surface area contributed by atoms with E-state index < -0.39 is 0 Å². The fraction of sp³-hybridized carbons (Fsp3) is 0.400. The Hall–Kier alpha value is -0.630. The summed E-state index contributed by atoms with van der Waals surface area (Å²) < 4.78 is 5.38. The smallest absolute Gasteiger partial charge is 0.120 e. The highest BCUT2D eigenvalue weighted by Gasteiger charge is 1.94. The van der Waals surface area contributed by atoms with Gasteiger partial charge in [0.25, 0.3) is 0 Å². The number of ether oxygens (including phenoxy) is 1. The van der Waals surface area contributed by atoms with Crippen LogP contribution in [0.15, 0.2) is 29.2 Å². The van der Waals surface area contributed by atoms with Crippen LogP contribution in [0.3, 0.4) is 0 Å². The molecule has 0 radical (unpaired) electrons. The van der Waals surface area contributed by atoms with Crippen LogP contribution in [0.1, 0.15) is 13.8 Å². The molecule has 0 saturated heterocycles. The lowest BCUT2D eigenvalue weighted by Gasteiger charge is -2.04. The lowest BCUT2D eigenvalue weighted by molar-refractivity contribution is 0.339. The van der Waals surface area contributed by atoms with Gasteiger partial charge in [-0.25, -0.2) is 0 Å². The van der Waals surface area contributed by atoms with Crippen molar-refractivity contribution >= 4 is 11.8 Å². The first kappa shape index (κ1) is 9.46. The molecule has 0 atom stereocenters. The summed E-state index contributed by atoms with van der Waals surface area (Å²) in [5.74, 6) is 2.08. The van der Waals surface area contributed by atoms with E-state index in [1.807, 2.05) is 30.8 Å². The van der Waals surface area contributed by atoms with E-state index >= 15 is 0 Å². The van der Waals surface area contributed by atoms with Gasteiger partial charge in [-0.1, -0.05) is 13.0 Å². The fourth-order valence-corrected chi connectivity index (χ4v) is 1.69. The molecule has 1 aromatic rings. The number of benzene rings is 1. The minimum atomic E-state index is 0.736. The molecule has 0 N–H and O–H groups in total. The van der Waals surface area contributed by atoms with Gasteiger partial charge in [0.15, 0.2) is 0 Å². The summed E-state index contributed by atoms with van der Waals surface area (Å²) in [7, 11) is 0. The lowest BCUT2D eigenvalue weighted by Crippen LogP contribution is -1.90. The zero-order valence-corrected chi connectivity index (χ0v) is 8.36. The highest BCUT2D eigenvalue weighted by Crippen LogP contribution is 2.22. The summed E-state index contributed by atoms with van der Waals surface area (Å²) in [6.07, 6.45) is 0. The van der Waals surface area contributed by atoms with E-state index in [9.17, 15) is 0 Å². The van der Waals surface area contributed by atoms with Gasteiger partial charge in [-0.15, -0.1) is 11.8 Å². The van der Waals surface area contributed by atoms with Gasteiger partial charge in [0, 0.05) is 4.90 Å². The predicted octanol–water partition coefficient (Wildman–Crippen LogP) is 3.20. The van der Waals surface area contributed by atoms with Gasteiger partial charge in [-0.05, 0) is 30.9 Å². The zero-order chi connectivity index (χ0) is 8.81. The van der Waals surface area contributed by atoms with Gasteiger partial charge in [0.2, 0.25) is 0 Å². The second kappa shape index (κ2) is 5.09. The van der Waals surface area contributed by atoms with Crippen molar-refractivity contribution in [3.05, 3.63) is 24.3 Å². The average molecular weight is 182 g/mol. The standard InChI is InChI=1S/C10H14OS/c1-3-11-9-6-5-7-10(8-9)12-4-2/h5-8H,3-4H2,1-2H3. The van der Waals surface area contributed by atoms with E-state index in [1.165, 1.54) is 4.90 Å². The molecule has 0 aromatic heterocycles. The van der Waals surface area contributed by atoms with Gasteiger partial charge < -0.3 is 4.74 Å². The first-order valence-corrected chi connectivity index (χ1v) is 5.21. The molecule has 0 unspecified atom stereocenters. The SMILES string of the molecule is CCOc1cccc(SCC)c1. The highest BCUT2D eigenvalue weighted by atomic mass is 32.2. The predicted molar refractivity (Wildman–Crippen MR) is 54.0 cm³/mol. The average Bonchev–Trinajstić information content (AvgIpc) is 2.06. The van der Waals surface area contributed by atoms with Crippen molar-refractivity contribution in [2.24, 2.45) is 0 Å². The Labute approximate surface area is 78.1 Å². The van der Waals surface area contributed by atoms with Crippen LogP contribution in [0.4, 0.5) is 0 Å². The molecule has 0 fully saturated rings. The van der Waals surface area contributed by atoms with Crippen LogP contribution in [0.25, 0.3) is 0 Å². The fourth-order valence-electron chi connectivity index (χ4n) is 0.987. The van der Waals surface area contributed by atoms with Crippen LogP contribution in [0.5, 0.6) is 5.75 Å². The van der Waals surface area contributed by atoms with Crippen LogP contribution in [0, 0.1) is 0 Å². The van der Waals surface area contributed by atoms with Crippen LogP contribution in [-0.2, 0) is 0 Å². The van der Waals surface area contributed by atoms with Crippen molar-refractivity contribution in [2.45, 2.75) is 18.7 Å². The second-order valence-corrected chi connectivity index (χ2v) is 3.68. The summed E-state index contributed by atoms with van der Waals surface area (Å²) in [5.41, 5.74) is 0. The molecule has 0 heterocycles. The Morgan fingerprint density at radius 1 is 1.33 bits per heavy atom. The van der Waals surface area contributed by atoms with Gasteiger partial charge in [-0.2, -0.15) is 0 Å². The monoisotopic (exact) mass is 182 g/mol. The van der Waals surface area contributed by atoms with Gasteiger partial charge >= 0.3 is 0 Å². The molecule has 0 aliphatic heterocycles. The van der Waals surface area contributed by atoms with Crippen molar-refractivity contribution < 1.29 is 4.74 Å². The maximum absolute atomic E-state index is 5.38. The van der Waals surface area contributed by atoms with E-state index in [2.05, 4.69) is 19.1 Å². The topological polar surface area (TPSA) is 9.23 Å². The van der Waals surface area contributed by atoms with Gasteiger partial charge in [-0.3, -0.25) is 0 Å². The first-order chi connectivity index (χ1) is 5.86. The minimum absolute atomic E-state index is 0.736. The van der Waals surface area contributed by atoms with Crippen LogP contribution in [0.2, 0.25) is 0 Å². The quantitative estimate of drug-likeness (QED) is 0.661. The number of hydrogen-bond donors (Lipinski definition) is 0. The van der Waals surface area contributed by atoms with Crippen molar-refractivity contribution in [3.63, 3.8) is 0 Å². The molecule has 66 valence electrons. The van der Waals surface area contributed by atoms with E-state index in [0.29, 0.717) is 0 Å². The lowest BCUT2D eigenvalue weighted by atomic mass is 10.3. The van der Waals surface area contributed by atoms with Gasteiger partial charge in [0.1, 0.15) is 5.75 Å². The summed E-state index contributed by atoms with van der Waals surface area (Å²) >= 11 is 1.84. The number of rotatable bonds is 4. The minimum Gasteiger partial charge on any atom is -0.494 e. The maximum atomic E-state index is 5.38. The molecule has 0 bridgehead atoms. The molecule has 0 spiro atoms. The van der Waals surface area contributed by atoms with E-state index in [-0.39, 0.29) is 0 Å². The van der Waals surface area contributed by atoms with Crippen molar-refractivity contribution in [2.75, 3.05) is 12.4 Å². The Kier molecular flexibility index (Phi) is 4.01. The van der Waals surface area contributed by atoms with E-state index in [4.69, 9.17) is 4.74 Å². The second-order valence-electron chi connectivity index (χ2n) is 2.34. The van der Waals surface area contributed by atoms with E-state index in [0.717, 1.165) is 18.1 Å². The van der Waals surface area contributed by atoms with Crippen LogP contribution >= 0.6 is 11.8 Å². The molecule has 0 amide bonds. The maximum Gasteiger partial charge on any atom is 0.120 e. The Morgan fingerprint density at radius 3 is 2.83 bits per heavy atom. The Bertz CT molecular complexity index is 214. The van der Waals surface area contributed by atoms with Crippen molar-refractivity contribution in [1.29, 1.82) is 0 Å². The largest absolute Gasteiger partial charge is 0.494 e. The van der Waals surface area contributed by atoms with Crippen LogP contribution in [-0.4, -0.2) is 12.4 Å². The molecule has 2 heteroatoms. The third-order valence-electron chi connectivity index (χ3n) is 1.43. The highest BCUT2D eigenvalue weighted by molar-refractivity contribution is 7.99. The Morgan fingerprint density at radius 2 is 2.17 bits per heavy atom. The molecular weight excluding hydrogens is 168 g/mol. The third-order valence-corrected chi connectivity index (χ3v) is 2.30.